The molecule has 1 N–H and O–H groups in total. The summed E-state index contributed by atoms with van der Waals surface area (Å²) in [5, 5.41) is 11.4. The Hall–Kier alpha value is -2.02. The number of nitrogens with one attached hydrogen (secondary N) is 1. The molecule has 0 aromatic heterocycles. The SMILES string of the molecule is N#CCCCOc1cccc(NC(=O)CC2CCCC2)c1. The summed E-state index contributed by atoms with van der Waals surface area (Å²) < 4.78 is 5.56. The van der Waals surface area contributed by atoms with Gasteiger partial charge < -0.3 is 10.1 Å². The van der Waals surface area contributed by atoms with E-state index in [9.17, 15) is 4.79 Å². The molecule has 0 saturated heterocycles. The summed E-state index contributed by atoms with van der Waals surface area (Å²) in [5.41, 5.74) is 0.774. The van der Waals surface area contributed by atoms with Crippen LogP contribution < -0.4 is 10.1 Å². The van der Waals surface area contributed by atoms with Gasteiger partial charge in [0.05, 0.1) is 12.7 Å². The van der Waals surface area contributed by atoms with Crippen LogP contribution in [0.4, 0.5) is 5.69 Å². The van der Waals surface area contributed by atoms with Crippen LogP contribution in [0.3, 0.4) is 0 Å². The van der Waals surface area contributed by atoms with Gasteiger partial charge in [0.25, 0.3) is 0 Å². The van der Waals surface area contributed by atoms with Crippen LogP contribution in [-0.4, -0.2) is 12.5 Å². The van der Waals surface area contributed by atoms with E-state index in [0.29, 0.717) is 25.4 Å². The van der Waals surface area contributed by atoms with Crippen LogP contribution in [0, 0.1) is 17.2 Å². The normalized spacial score (nSPS) is 14.6. The van der Waals surface area contributed by atoms with E-state index in [4.69, 9.17) is 10.00 Å². The van der Waals surface area contributed by atoms with Gasteiger partial charge in [-0.25, -0.2) is 0 Å². The Labute approximate surface area is 126 Å². The van der Waals surface area contributed by atoms with Crippen molar-refractivity contribution in [3.05, 3.63) is 24.3 Å². The Morgan fingerprint density at radius 3 is 2.95 bits per heavy atom. The molecule has 0 atom stereocenters. The number of nitriles is 1. The summed E-state index contributed by atoms with van der Waals surface area (Å²) >= 11 is 0. The average Bonchev–Trinajstić information content (AvgIpc) is 2.97. The number of rotatable bonds is 7. The van der Waals surface area contributed by atoms with Crippen molar-refractivity contribution in [1.82, 2.24) is 0 Å². The first-order chi connectivity index (χ1) is 10.3. The molecule has 21 heavy (non-hydrogen) atoms. The monoisotopic (exact) mass is 286 g/mol. The Morgan fingerprint density at radius 2 is 2.19 bits per heavy atom. The summed E-state index contributed by atoms with van der Waals surface area (Å²) in [7, 11) is 0. The lowest BCUT2D eigenvalue weighted by Gasteiger charge is -2.11. The standard InChI is InChI=1S/C17H22N2O2/c18-10-3-4-11-21-16-9-5-8-15(13-16)19-17(20)12-14-6-1-2-7-14/h5,8-9,13-14H,1-4,6-7,11-12H2,(H,19,20). The molecule has 1 aromatic carbocycles. The lowest BCUT2D eigenvalue weighted by atomic mass is 10.0. The van der Waals surface area contributed by atoms with E-state index in [2.05, 4.69) is 11.4 Å². The maximum Gasteiger partial charge on any atom is 0.224 e. The summed E-state index contributed by atoms with van der Waals surface area (Å²) in [6, 6.07) is 9.52. The van der Waals surface area contributed by atoms with E-state index < -0.39 is 0 Å². The topological polar surface area (TPSA) is 62.1 Å². The molecule has 0 heterocycles. The van der Waals surface area contributed by atoms with E-state index in [-0.39, 0.29) is 5.91 Å². The average molecular weight is 286 g/mol. The molecule has 1 amide bonds. The third-order valence-corrected chi connectivity index (χ3v) is 3.77. The first-order valence-corrected chi connectivity index (χ1v) is 7.67. The van der Waals surface area contributed by atoms with Crippen molar-refractivity contribution in [2.45, 2.75) is 44.9 Å². The number of hydrogen-bond donors (Lipinski definition) is 1. The van der Waals surface area contributed by atoms with Crippen LogP contribution in [0.5, 0.6) is 5.75 Å². The van der Waals surface area contributed by atoms with Crippen LogP contribution >= 0.6 is 0 Å². The van der Waals surface area contributed by atoms with E-state index in [0.717, 1.165) is 17.9 Å². The largest absolute Gasteiger partial charge is 0.493 e. The molecule has 0 spiro atoms. The second-order valence-corrected chi connectivity index (χ2v) is 5.54. The number of hydrogen-bond acceptors (Lipinski definition) is 3. The summed E-state index contributed by atoms with van der Waals surface area (Å²) in [6.45, 7) is 0.521. The minimum absolute atomic E-state index is 0.0866. The van der Waals surface area contributed by atoms with Gasteiger partial charge in [0.1, 0.15) is 5.75 Å². The highest BCUT2D eigenvalue weighted by Gasteiger charge is 2.18. The molecule has 1 aromatic rings. The zero-order valence-corrected chi connectivity index (χ0v) is 12.3. The number of nitrogens with zero attached hydrogens (tertiary/aromatic N) is 1. The predicted octanol–water partition coefficient (Wildman–Crippen LogP) is 3.89. The van der Waals surface area contributed by atoms with Gasteiger partial charge in [0.15, 0.2) is 0 Å². The molecular formula is C17H22N2O2. The van der Waals surface area contributed by atoms with E-state index in [1.54, 1.807) is 0 Å². The molecule has 1 fully saturated rings. The second-order valence-electron chi connectivity index (χ2n) is 5.54. The van der Waals surface area contributed by atoms with Crippen LogP contribution in [0.15, 0.2) is 24.3 Å². The van der Waals surface area contributed by atoms with Gasteiger partial charge in [0, 0.05) is 24.6 Å². The van der Waals surface area contributed by atoms with Crippen molar-refractivity contribution >= 4 is 11.6 Å². The van der Waals surface area contributed by atoms with E-state index in [1.807, 2.05) is 24.3 Å². The number of anilines is 1. The zero-order chi connectivity index (χ0) is 14.9. The Morgan fingerprint density at radius 1 is 1.38 bits per heavy atom. The summed E-state index contributed by atoms with van der Waals surface area (Å²) in [6.07, 6.45) is 6.69. The van der Waals surface area contributed by atoms with Gasteiger partial charge in [-0.1, -0.05) is 18.9 Å². The molecule has 4 nitrogen and oxygen atoms in total. The van der Waals surface area contributed by atoms with Crippen LogP contribution in [-0.2, 0) is 4.79 Å². The number of carbonyl (C=O) groups is 1. The second kappa shape index (κ2) is 8.31. The van der Waals surface area contributed by atoms with Crippen molar-refractivity contribution in [1.29, 1.82) is 5.26 Å². The molecule has 4 heteroatoms. The van der Waals surface area contributed by atoms with Gasteiger partial charge >= 0.3 is 0 Å². The zero-order valence-electron chi connectivity index (χ0n) is 12.3. The van der Waals surface area contributed by atoms with Crippen LogP contribution in [0.2, 0.25) is 0 Å². The maximum absolute atomic E-state index is 12.0. The molecule has 0 bridgehead atoms. The van der Waals surface area contributed by atoms with Crippen molar-refractivity contribution < 1.29 is 9.53 Å². The summed E-state index contributed by atoms with van der Waals surface area (Å²) in [4.78, 5) is 12.0. The highest BCUT2D eigenvalue weighted by molar-refractivity contribution is 5.91. The van der Waals surface area contributed by atoms with E-state index >= 15 is 0 Å². The molecular weight excluding hydrogens is 264 g/mol. The molecule has 112 valence electrons. The van der Waals surface area contributed by atoms with Gasteiger partial charge in [0.2, 0.25) is 5.91 Å². The molecule has 0 unspecified atom stereocenters. The molecule has 1 saturated carbocycles. The van der Waals surface area contributed by atoms with Crippen LogP contribution in [0.25, 0.3) is 0 Å². The predicted molar refractivity (Wildman–Crippen MR) is 82.0 cm³/mol. The highest BCUT2D eigenvalue weighted by Crippen LogP contribution is 2.28. The highest BCUT2D eigenvalue weighted by atomic mass is 16.5. The molecule has 2 rings (SSSR count). The van der Waals surface area contributed by atoms with Gasteiger partial charge in [-0.2, -0.15) is 5.26 Å². The number of amides is 1. The molecule has 0 radical (unpaired) electrons. The first kappa shape index (κ1) is 15.4. The molecule has 1 aliphatic carbocycles. The Balaban J connectivity index is 1.79. The lowest BCUT2D eigenvalue weighted by Crippen LogP contribution is -2.15. The minimum Gasteiger partial charge on any atom is -0.493 e. The minimum atomic E-state index is 0.0866. The maximum atomic E-state index is 12.0. The van der Waals surface area contributed by atoms with Gasteiger partial charge in [-0.05, 0) is 37.3 Å². The fourth-order valence-corrected chi connectivity index (χ4v) is 2.69. The third kappa shape index (κ3) is 5.47. The Kier molecular flexibility index (Phi) is 6.08. The smallest absolute Gasteiger partial charge is 0.224 e. The number of benzene rings is 1. The van der Waals surface area contributed by atoms with Crippen molar-refractivity contribution in [2.75, 3.05) is 11.9 Å². The van der Waals surface area contributed by atoms with Crippen molar-refractivity contribution in [3.8, 4) is 11.8 Å². The number of unbranched alkanes of at least 4 members (excludes halogenated alkanes) is 1. The van der Waals surface area contributed by atoms with Gasteiger partial charge in [-0.15, -0.1) is 0 Å². The van der Waals surface area contributed by atoms with Crippen molar-refractivity contribution in [2.24, 2.45) is 5.92 Å². The van der Waals surface area contributed by atoms with E-state index in [1.165, 1.54) is 25.7 Å². The van der Waals surface area contributed by atoms with Crippen molar-refractivity contribution in [3.63, 3.8) is 0 Å². The van der Waals surface area contributed by atoms with Gasteiger partial charge in [-0.3, -0.25) is 4.79 Å². The third-order valence-electron chi connectivity index (χ3n) is 3.77. The lowest BCUT2D eigenvalue weighted by molar-refractivity contribution is -0.117. The quantitative estimate of drug-likeness (QED) is 0.773. The summed E-state index contributed by atoms with van der Waals surface area (Å²) in [5.74, 6) is 1.37. The fourth-order valence-electron chi connectivity index (χ4n) is 2.69. The number of ether oxygens (including phenoxy) is 1. The molecule has 0 aliphatic heterocycles. The molecule has 1 aliphatic rings. The Bertz CT molecular complexity index is 502. The first-order valence-electron chi connectivity index (χ1n) is 7.67. The van der Waals surface area contributed by atoms with Crippen LogP contribution in [0.1, 0.15) is 44.9 Å². The number of carbonyl (C=O) groups excluding carboxylic acids is 1. The fraction of sp³-hybridized carbons (Fsp3) is 0.529.